The van der Waals surface area contributed by atoms with Gasteiger partial charge in [0.15, 0.2) is 6.10 Å². The molecule has 13 nitrogen and oxygen atoms in total. The molecule has 0 bridgehead atoms. The number of aliphatic hydroxyl groups excluding tert-OH is 1. The molecule has 1 spiro atoms. The third-order valence-corrected chi connectivity index (χ3v) is 16.3. The van der Waals surface area contributed by atoms with Crippen molar-refractivity contribution in [2.75, 3.05) is 66.1 Å². The maximum Gasteiger partial charge on any atom is 0.344 e. The Labute approximate surface area is 388 Å². The number of benzene rings is 3. The highest BCUT2D eigenvalue weighted by Crippen LogP contribution is 2.68. The van der Waals surface area contributed by atoms with Crippen molar-refractivity contribution in [1.82, 2.24) is 14.8 Å². The Balaban J connectivity index is 1.32. The molecule has 13 heteroatoms. The fourth-order valence-electron chi connectivity index (χ4n) is 13.9. The second-order valence-electron chi connectivity index (χ2n) is 19.5. The van der Waals surface area contributed by atoms with E-state index in [1.54, 1.807) is 7.11 Å². The number of carbonyl (C=O) groups excluding carboxylic acids is 3. The van der Waals surface area contributed by atoms with E-state index in [9.17, 15) is 19.8 Å². The molecule has 0 unspecified atom stereocenters. The highest BCUT2D eigenvalue weighted by Gasteiger charge is 2.80. The molecule has 8 atom stereocenters. The summed E-state index contributed by atoms with van der Waals surface area (Å²) >= 11 is 0. The largest absolute Gasteiger partial charge is 0.496 e. The second-order valence-corrected chi connectivity index (χ2v) is 19.5. The molecule has 352 valence electrons. The molecule has 4 aliphatic heterocycles. The van der Waals surface area contributed by atoms with Crippen molar-refractivity contribution in [3.63, 3.8) is 0 Å². The fraction of sp³-hybridized carbons (Fsp3) is 0.528. The van der Waals surface area contributed by atoms with Crippen LogP contribution in [-0.2, 0) is 52.4 Å². The van der Waals surface area contributed by atoms with E-state index < -0.39 is 51.9 Å². The summed E-state index contributed by atoms with van der Waals surface area (Å²) in [6, 6.07) is 21.6. The van der Waals surface area contributed by atoms with Gasteiger partial charge in [0.25, 0.3) is 0 Å². The first kappa shape index (κ1) is 45.9. The lowest BCUT2D eigenvalue weighted by Crippen LogP contribution is -2.81. The molecular formula is C53H66N4O9. The van der Waals surface area contributed by atoms with Crippen LogP contribution in [-0.4, -0.2) is 128 Å². The Morgan fingerprint density at radius 2 is 1.67 bits per heavy atom. The van der Waals surface area contributed by atoms with Crippen LogP contribution >= 0.6 is 0 Å². The first-order valence-electron chi connectivity index (χ1n) is 23.8. The number of unbranched alkanes of at least 4 members (excludes halogenated alkanes) is 2. The minimum Gasteiger partial charge on any atom is -0.496 e. The fourth-order valence-corrected chi connectivity index (χ4v) is 13.9. The van der Waals surface area contributed by atoms with Crippen molar-refractivity contribution in [3.05, 3.63) is 107 Å². The lowest BCUT2D eigenvalue weighted by atomic mass is 9.47. The smallest absolute Gasteiger partial charge is 0.344 e. The van der Waals surface area contributed by atoms with Gasteiger partial charge in [-0.15, -0.1) is 0 Å². The average Bonchev–Trinajstić information content (AvgIpc) is 3.99. The number of aromatic nitrogens is 1. The minimum absolute atomic E-state index is 0.00260. The predicted molar refractivity (Wildman–Crippen MR) is 251 cm³/mol. The van der Waals surface area contributed by atoms with Crippen molar-refractivity contribution in [2.24, 2.45) is 11.3 Å². The van der Waals surface area contributed by atoms with Gasteiger partial charge in [-0.1, -0.05) is 80.4 Å². The van der Waals surface area contributed by atoms with Crippen LogP contribution in [0.2, 0.25) is 0 Å². The zero-order chi connectivity index (χ0) is 46.6. The van der Waals surface area contributed by atoms with E-state index in [0.717, 1.165) is 72.3 Å². The molecule has 1 aliphatic carbocycles. The van der Waals surface area contributed by atoms with Gasteiger partial charge in [0, 0.05) is 97.5 Å². The van der Waals surface area contributed by atoms with E-state index in [2.05, 4.69) is 69.4 Å². The number of rotatable bonds is 13. The molecule has 0 amide bonds. The number of nitrogens with zero attached hydrogens (tertiary/aromatic N) is 3. The van der Waals surface area contributed by atoms with Crippen LogP contribution in [0.25, 0.3) is 10.9 Å². The molecule has 66 heavy (non-hydrogen) atoms. The number of hydrogen-bond acceptors (Lipinski definition) is 12. The molecule has 1 saturated carbocycles. The molecular weight excluding hydrogens is 837 g/mol. The van der Waals surface area contributed by atoms with Gasteiger partial charge < -0.3 is 39.0 Å². The SMILES string of the molecule is CC[C@]12C=CCN3CC[C@@]4(c5cc([C@@]6(C(=O)OC)C[C@H](CCCCCO)CN(Cc7ccccc7)CCc7c6[nH]c6ccccc76)c(OC)cc5N(C)[C@H]4[C@@](O)(C(=O)OC)[C@@H]1OC(C)=O)[C@@H]32. The van der Waals surface area contributed by atoms with E-state index >= 15 is 4.79 Å². The molecule has 1 saturated heterocycles. The summed E-state index contributed by atoms with van der Waals surface area (Å²) < 4.78 is 24.3. The zero-order valence-electron chi connectivity index (χ0n) is 39.3. The quantitative estimate of drug-likeness (QED) is 0.0607. The number of likely N-dealkylation sites (N-methyl/N-ethyl adjacent to an activating group) is 1. The van der Waals surface area contributed by atoms with Crippen LogP contribution in [0, 0.1) is 11.3 Å². The Kier molecular flexibility index (Phi) is 12.4. The number of hydrogen-bond donors (Lipinski definition) is 3. The van der Waals surface area contributed by atoms with Crippen molar-refractivity contribution in [2.45, 2.75) is 106 Å². The number of nitrogens with one attached hydrogen (secondary N) is 1. The number of aliphatic hydroxyl groups is 2. The molecule has 0 radical (unpaired) electrons. The summed E-state index contributed by atoms with van der Waals surface area (Å²) in [6.07, 6.45) is 8.19. The summed E-state index contributed by atoms with van der Waals surface area (Å²) in [5.74, 6) is -1.41. The summed E-state index contributed by atoms with van der Waals surface area (Å²) in [7, 11) is 6.23. The number of ether oxygens (including phenoxy) is 4. The standard InChI is InChI=1S/C53H66N4O9/c1-7-50-23-16-25-57-27-24-51(45(50)57)39-29-40(43(63-4)30-42(39)55(3)46(51)53(62,49(61)65-6)47(50)66-34(2)59)52(48(60)64-5)31-36(19-12-9-15-28-58)33-56(32-35-17-10-8-11-18-35)26-22-38-37-20-13-14-21-41(37)54-44(38)52/h8,10-11,13-14,16-18,20-21,23,29-30,36,45-47,54,58,62H,7,9,12,15,19,22,24-28,31-33H2,1-6H3/t36-,45-,46+,47+,50+,51+,52-,53-/m0/s1. The van der Waals surface area contributed by atoms with Crippen molar-refractivity contribution < 1.29 is 43.5 Å². The molecule has 5 heterocycles. The normalized spacial score (nSPS) is 30.3. The number of H-pyrrole nitrogens is 1. The molecule has 9 rings (SSSR count). The van der Waals surface area contributed by atoms with E-state index in [4.69, 9.17) is 18.9 Å². The number of esters is 3. The Morgan fingerprint density at radius 3 is 2.38 bits per heavy atom. The summed E-state index contributed by atoms with van der Waals surface area (Å²) in [5, 5.41) is 24.3. The Hall–Kier alpha value is -5.21. The van der Waals surface area contributed by atoms with Crippen LogP contribution in [0.3, 0.4) is 0 Å². The Morgan fingerprint density at radius 1 is 0.909 bits per heavy atom. The van der Waals surface area contributed by atoms with Gasteiger partial charge in [0.2, 0.25) is 5.60 Å². The number of aromatic amines is 1. The lowest BCUT2D eigenvalue weighted by molar-refractivity contribution is -0.228. The van der Waals surface area contributed by atoms with Crippen molar-refractivity contribution >= 4 is 34.5 Å². The van der Waals surface area contributed by atoms with Crippen LogP contribution in [0.1, 0.15) is 86.7 Å². The Bertz CT molecular complexity index is 2510. The van der Waals surface area contributed by atoms with Gasteiger partial charge in [-0.25, -0.2) is 4.79 Å². The van der Waals surface area contributed by atoms with Crippen LogP contribution in [0.5, 0.6) is 5.75 Å². The monoisotopic (exact) mass is 902 g/mol. The number of anilines is 1. The zero-order valence-corrected chi connectivity index (χ0v) is 39.3. The molecule has 2 fully saturated rings. The van der Waals surface area contributed by atoms with E-state index in [-0.39, 0.29) is 18.6 Å². The van der Waals surface area contributed by atoms with Crippen LogP contribution in [0.15, 0.2) is 78.9 Å². The number of methoxy groups -OCH3 is 3. The number of para-hydroxylation sites is 1. The highest BCUT2D eigenvalue weighted by atomic mass is 16.6. The number of carbonyl (C=O) groups is 3. The van der Waals surface area contributed by atoms with Gasteiger partial charge in [-0.2, -0.15) is 0 Å². The van der Waals surface area contributed by atoms with Gasteiger partial charge >= 0.3 is 17.9 Å². The van der Waals surface area contributed by atoms with Gasteiger partial charge in [-0.05, 0) is 79.8 Å². The summed E-state index contributed by atoms with van der Waals surface area (Å²) in [5.41, 5.74) is 0.616. The third kappa shape index (κ3) is 6.81. The third-order valence-electron chi connectivity index (χ3n) is 16.3. The van der Waals surface area contributed by atoms with E-state index in [1.165, 1.54) is 26.7 Å². The van der Waals surface area contributed by atoms with E-state index in [0.29, 0.717) is 56.5 Å². The highest BCUT2D eigenvalue weighted by molar-refractivity contribution is 5.95. The van der Waals surface area contributed by atoms with Gasteiger partial charge in [0.1, 0.15) is 11.2 Å². The predicted octanol–water partition coefficient (Wildman–Crippen LogP) is 6.20. The topological polar surface area (TPSA) is 154 Å². The first-order chi connectivity index (χ1) is 31.9. The average molecular weight is 903 g/mol. The maximum atomic E-state index is 15.7. The maximum absolute atomic E-state index is 15.7. The number of fused-ring (bicyclic) bond motifs is 4. The summed E-state index contributed by atoms with van der Waals surface area (Å²) in [4.78, 5) is 54.0. The molecule has 3 aromatic carbocycles. The second kappa shape index (κ2) is 17.8. The molecule has 5 aliphatic rings. The van der Waals surface area contributed by atoms with Crippen molar-refractivity contribution in [3.8, 4) is 5.75 Å². The molecule has 1 aromatic heterocycles. The van der Waals surface area contributed by atoms with Crippen molar-refractivity contribution in [1.29, 1.82) is 0 Å². The molecule has 4 aromatic rings. The van der Waals surface area contributed by atoms with E-state index in [1.807, 2.05) is 43.1 Å². The van der Waals surface area contributed by atoms with Gasteiger partial charge in [-0.3, -0.25) is 19.4 Å². The molecule has 3 N–H and O–H groups in total. The van der Waals surface area contributed by atoms with Gasteiger partial charge in [0.05, 0.1) is 27.4 Å². The minimum atomic E-state index is -2.31. The lowest BCUT2D eigenvalue weighted by Gasteiger charge is -2.63. The van der Waals surface area contributed by atoms with Crippen LogP contribution in [0.4, 0.5) is 5.69 Å². The van der Waals surface area contributed by atoms with Crippen LogP contribution < -0.4 is 9.64 Å². The first-order valence-corrected chi connectivity index (χ1v) is 23.8. The summed E-state index contributed by atoms with van der Waals surface area (Å²) in [6.45, 7) is 7.00.